The van der Waals surface area contributed by atoms with Crippen molar-refractivity contribution in [1.82, 2.24) is 9.97 Å². The molecule has 0 aliphatic carbocycles. The second-order valence-electron chi connectivity index (χ2n) is 4.87. The van der Waals surface area contributed by atoms with Gasteiger partial charge in [0.1, 0.15) is 11.4 Å². The van der Waals surface area contributed by atoms with Gasteiger partial charge in [-0.25, -0.2) is 4.98 Å². The fraction of sp³-hybridized carbons (Fsp3) is 0.188. The molecule has 2 aromatic heterocycles. The Labute approximate surface area is 131 Å². The molecule has 108 valence electrons. The first-order chi connectivity index (χ1) is 10.2. The maximum atomic E-state index is 5.45. The first-order valence-electron chi connectivity index (χ1n) is 6.68. The molecular formula is C16H16BrN3O. The summed E-state index contributed by atoms with van der Waals surface area (Å²) >= 11 is 3.49. The monoisotopic (exact) mass is 345 g/mol. The minimum Gasteiger partial charge on any atom is -0.495 e. The average molecular weight is 346 g/mol. The number of hydrogen-bond acceptors (Lipinski definition) is 3. The van der Waals surface area contributed by atoms with E-state index in [-0.39, 0.29) is 0 Å². The number of aromatic amines is 1. The van der Waals surface area contributed by atoms with Crippen LogP contribution >= 0.6 is 15.9 Å². The van der Waals surface area contributed by atoms with Gasteiger partial charge < -0.3 is 15.0 Å². The molecule has 0 saturated heterocycles. The van der Waals surface area contributed by atoms with Crippen LogP contribution in [0.4, 0.5) is 5.69 Å². The number of hydrogen-bond donors (Lipinski definition) is 2. The maximum absolute atomic E-state index is 5.45. The van der Waals surface area contributed by atoms with Crippen molar-refractivity contribution in [1.29, 1.82) is 0 Å². The third-order valence-electron chi connectivity index (χ3n) is 3.48. The van der Waals surface area contributed by atoms with Crippen LogP contribution in [0, 0.1) is 6.92 Å². The van der Waals surface area contributed by atoms with E-state index in [1.54, 1.807) is 13.3 Å². The zero-order chi connectivity index (χ0) is 14.8. The number of H-pyrrole nitrogens is 1. The fourth-order valence-electron chi connectivity index (χ4n) is 2.44. The number of nitrogens with zero attached hydrogens (tertiary/aromatic N) is 1. The number of fused-ring (bicyclic) bond motifs is 1. The molecule has 4 nitrogen and oxygen atoms in total. The molecule has 5 heteroatoms. The number of pyridine rings is 1. The number of nitrogens with one attached hydrogen (secondary N) is 2. The minimum absolute atomic E-state index is 0.713. The van der Waals surface area contributed by atoms with Gasteiger partial charge >= 0.3 is 0 Å². The maximum Gasteiger partial charge on any atom is 0.143 e. The summed E-state index contributed by atoms with van der Waals surface area (Å²) in [6.45, 7) is 2.77. The third-order valence-corrected chi connectivity index (χ3v) is 3.93. The van der Waals surface area contributed by atoms with E-state index in [9.17, 15) is 0 Å². The van der Waals surface area contributed by atoms with Crippen molar-refractivity contribution >= 4 is 32.7 Å². The zero-order valence-corrected chi connectivity index (χ0v) is 13.5. The third kappa shape index (κ3) is 2.74. The molecule has 0 saturated carbocycles. The van der Waals surface area contributed by atoms with E-state index in [1.165, 1.54) is 5.56 Å². The van der Waals surface area contributed by atoms with Gasteiger partial charge in [-0.2, -0.15) is 0 Å². The quantitative estimate of drug-likeness (QED) is 0.742. The Balaban J connectivity index is 1.88. The van der Waals surface area contributed by atoms with Crippen LogP contribution in [0.25, 0.3) is 11.0 Å². The van der Waals surface area contributed by atoms with Crippen molar-refractivity contribution in [2.45, 2.75) is 13.5 Å². The van der Waals surface area contributed by atoms with Crippen molar-refractivity contribution in [2.24, 2.45) is 0 Å². The van der Waals surface area contributed by atoms with Gasteiger partial charge in [-0.1, -0.05) is 15.9 Å². The Kier molecular flexibility index (Phi) is 3.84. The van der Waals surface area contributed by atoms with E-state index >= 15 is 0 Å². The Morgan fingerprint density at radius 2 is 2.24 bits per heavy atom. The minimum atomic E-state index is 0.713. The lowest BCUT2D eigenvalue weighted by atomic mass is 10.1. The smallest absolute Gasteiger partial charge is 0.143 e. The van der Waals surface area contributed by atoms with Crippen molar-refractivity contribution in [3.63, 3.8) is 0 Å². The number of benzene rings is 1. The lowest BCUT2D eigenvalue weighted by molar-refractivity contribution is 0.416. The van der Waals surface area contributed by atoms with E-state index in [4.69, 9.17) is 4.74 Å². The van der Waals surface area contributed by atoms with Gasteiger partial charge in [-0.15, -0.1) is 0 Å². The predicted molar refractivity (Wildman–Crippen MR) is 88.9 cm³/mol. The molecule has 0 radical (unpaired) electrons. The molecule has 3 aromatic rings. The zero-order valence-electron chi connectivity index (χ0n) is 11.9. The number of methoxy groups -OCH3 is 1. The SMILES string of the molecule is COc1cc(Br)cc(C)c1NCc1c[nH]c2ncccc12. The van der Waals surface area contributed by atoms with Gasteiger partial charge in [0.2, 0.25) is 0 Å². The largest absolute Gasteiger partial charge is 0.495 e. The van der Waals surface area contributed by atoms with Crippen LogP contribution in [-0.2, 0) is 6.54 Å². The summed E-state index contributed by atoms with van der Waals surface area (Å²) < 4.78 is 6.46. The second-order valence-corrected chi connectivity index (χ2v) is 5.78. The van der Waals surface area contributed by atoms with Gasteiger partial charge in [-0.05, 0) is 42.3 Å². The Morgan fingerprint density at radius 3 is 3.05 bits per heavy atom. The Bertz CT molecular complexity index is 782. The molecule has 2 heterocycles. The van der Waals surface area contributed by atoms with Crippen LogP contribution < -0.4 is 10.1 Å². The number of aryl methyl sites for hydroxylation is 1. The summed E-state index contributed by atoms with van der Waals surface area (Å²) in [6, 6.07) is 8.06. The van der Waals surface area contributed by atoms with Crippen LogP contribution in [0.15, 0.2) is 41.1 Å². The van der Waals surface area contributed by atoms with Gasteiger partial charge in [0.25, 0.3) is 0 Å². The number of halogens is 1. The van der Waals surface area contributed by atoms with Crippen molar-refractivity contribution in [2.75, 3.05) is 12.4 Å². The molecule has 0 unspecified atom stereocenters. The van der Waals surface area contributed by atoms with Crippen LogP contribution in [0.3, 0.4) is 0 Å². The molecule has 0 aliphatic rings. The first kappa shape index (κ1) is 13.9. The van der Waals surface area contributed by atoms with Crippen LogP contribution in [-0.4, -0.2) is 17.1 Å². The fourth-order valence-corrected chi connectivity index (χ4v) is 2.99. The van der Waals surface area contributed by atoms with Gasteiger partial charge in [0, 0.05) is 28.8 Å². The first-order valence-corrected chi connectivity index (χ1v) is 7.47. The van der Waals surface area contributed by atoms with Crippen molar-refractivity contribution in [3.8, 4) is 5.75 Å². The van der Waals surface area contributed by atoms with E-state index in [2.05, 4.69) is 50.3 Å². The molecule has 21 heavy (non-hydrogen) atoms. The molecule has 2 N–H and O–H groups in total. The Hall–Kier alpha value is -2.01. The van der Waals surface area contributed by atoms with Gasteiger partial charge in [0.15, 0.2) is 0 Å². The summed E-state index contributed by atoms with van der Waals surface area (Å²) in [5.41, 5.74) is 4.24. The van der Waals surface area contributed by atoms with Crippen LogP contribution in [0.1, 0.15) is 11.1 Å². The highest BCUT2D eigenvalue weighted by molar-refractivity contribution is 9.10. The summed E-state index contributed by atoms with van der Waals surface area (Å²) in [4.78, 5) is 7.49. The Morgan fingerprint density at radius 1 is 1.38 bits per heavy atom. The van der Waals surface area contributed by atoms with E-state index < -0.39 is 0 Å². The van der Waals surface area contributed by atoms with Crippen molar-refractivity contribution in [3.05, 3.63) is 52.3 Å². The normalized spacial score (nSPS) is 10.8. The topological polar surface area (TPSA) is 49.9 Å². The molecule has 0 bridgehead atoms. The van der Waals surface area contributed by atoms with Gasteiger partial charge in [-0.3, -0.25) is 0 Å². The lowest BCUT2D eigenvalue weighted by Crippen LogP contribution is -2.03. The molecule has 3 rings (SSSR count). The number of rotatable bonds is 4. The summed E-state index contributed by atoms with van der Waals surface area (Å²) in [5.74, 6) is 0.833. The summed E-state index contributed by atoms with van der Waals surface area (Å²) in [5, 5.41) is 4.60. The summed E-state index contributed by atoms with van der Waals surface area (Å²) in [7, 11) is 1.68. The highest BCUT2D eigenvalue weighted by Gasteiger charge is 2.09. The van der Waals surface area contributed by atoms with Crippen molar-refractivity contribution < 1.29 is 4.74 Å². The molecule has 0 fully saturated rings. The number of aromatic nitrogens is 2. The molecule has 0 atom stereocenters. The van der Waals surface area contributed by atoms with E-state index in [0.29, 0.717) is 6.54 Å². The molecule has 0 spiro atoms. The predicted octanol–water partition coefficient (Wildman–Crippen LogP) is 4.25. The highest BCUT2D eigenvalue weighted by Crippen LogP contribution is 2.32. The standard InChI is InChI=1S/C16H16BrN3O/c1-10-6-12(17)7-14(21-2)15(10)19-8-11-9-20-16-13(11)4-3-5-18-16/h3-7,9,19H,8H2,1-2H3,(H,18,20). The molecule has 0 aliphatic heterocycles. The molecular weight excluding hydrogens is 330 g/mol. The average Bonchev–Trinajstić information content (AvgIpc) is 2.89. The lowest BCUT2D eigenvalue weighted by Gasteiger charge is -2.14. The van der Waals surface area contributed by atoms with E-state index in [1.807, 2.05) is 18.3 Å². The number of ether oxygens (including phenoxy) is 1. The highest BCUT2D eigenvalue weighted by atomic mass is 79.9. The van der Waals surface area contributed by atoms with Gasteiger partial charge in [0.05, 0.1) is 12.8 Å². The second kappa shape index (κ2) is 5.77. The van der Waals surface area contributed by atoms with Crippen LogP contribution in [0.2, 0.25) is 0 Å². The summed E-state index contributed by atoms with van der Waals surface area (Å²) in [6.07, 6.45) is 3.78. The van der Waals surface area contributed by atoms with Crippen LogP contribution in [0.5, 0.6) is 5.75 Å². The molecule has 0 amide bonds. The van der Waals surface area contributed by atoms with E-state index in [0.717, 1.165) is 32.5 Å². The number of anilines is 1. The molecule has 1 aromatic carbocycles.